The Bertz CT molecular complexity index is 1130. The van der Waals surface area contributed by atoms with Gasteiger partial charge in [-0.15, -0.1) is 10.2 Å². The van der Waals surface area contributed by atoms with Crippen molar-refractivity contribution in [3.63, 3.8) is 0 Å². The molecule has 1 unspecified atom stereocenters. The lowest BCUT2D eigenvalue weighted by Gasteiger charge is -2.11. The van der Waals surface area contributed by atoms with Gasteiger partial charge in [-0.1, -0.05) is 41.3 Å². The molecule has 1 aromatic carbocycles. The maximum atomic E-state index is 13.0. The maximum Gasteiger partial charge on any atom is 0.287 e. The van der Waals surface area contributed by atoms with E-state index in [0.717, 1.165) is 26.1 Å². The van der Waals surface area contributed by atoms with Crippen LogP contribution >= 0.6 is 23.1 Å². The lowest BCUT2D eigenvalue weighted by molar-refractivity contribution is 0.0908. The molecular formula is C20H19N3O3S2. The highest BCUT2D eigenvalue weighted by atomic mass is 32.2. The summed E-state index contributed by atoms with van der Waals surface area (Å²) in [5, 5.41) is 13.0. The molecule has 0 bridgehead atoms. The average Bonchev–Trinajstić information content (AvgIpc) is 3.38. The fourth-order valence-electron chi connectivity index (χ4n) is 2.92. The molecule has 0 aliphatic heterocycles. The number of nitrogens with one attached hydrogen (secondary N) is 1. The zero-order valence-corrected chi connectivity index (χ0v) is 17.3. The fourth-order valence-corrected chi connectivity index (χ4v) is 4.76. The van der Waals surface area contributed by atoms with Crippen molar-refractivity contribution in [2.45, 2.75) is 36.9 Å². The number of aryl methyl sites for hydroxylation is 2. The summed E-state index contributed by atoms with van der Waals surface area (Å²) in [6, 6.07) is 11.2. The molecule has 0 saturated heterocycles. The van der Waals surface area contributed by atoms with Crippen LogP contribution in [0.4, 0.5) is 0 Å². The molecule has 0 saturated carbocycles. The van der Waals surface area contributed by atoms with Crippen molar-refractivity contribution in [2.24, 2.45) is 0 Å². The lowest BCUT2D eigenvalue weighted by Crippen LogP contribution is -2.26. The molecule has 0 aliphatic rings. The van der Waals surface area contributed by atoms with Crippen molar-refractivity contribution in [1.29, 1.82) is 0 Å². The Morgan fingerprint density at radius 1 is 1.18 bits per heavy atom. The fraction of sp³-hybridized carbons (Fsp3) is 0.250. The Morgan fingerprint density at radius 2 is 2.00 bits per heavy atom. The van der Waals surface area contributed by atoms with E-state index in [1.54, 1.807) is 11.8 Å². The molecule has 0 radical (unpaired) electrons. The second kappa shape index (κ2) is 7.81. The van der Waals surface area contributed by atoms with E-state index in [0.29, 0.717) is 22.9 Å². The number of hydrogen-bond acceptors (Lipinski definition) is 7. The molecule has 3 aromatic heterocycles. The average molecular weight is 414 g/mol. The van der Waals surface area contributed by atoms with Crippen molar-refractivity contribution < 1.29 is 13.6 Å². The van der Waals surface area contributed by atoms with Crippen LogP contribution in [-0.4, -0.2) is 16.1 Å². The third kappa shape index (κ3) is 3.83. The molecule has 8 heteroatoms. The number of aromatic nitrogens is 2. The van der Waals surface area contributed by atoms with Crippen molar-refractivity contribution in [1.82, 2.24) is 15.5 Å². The number of benzene rings is 1. The van der Waals surface area contributed by atoms with E-state index >= 15 is 0 Å². The van der Waals surface area contributed by atoms with Crippen LogP contribution < -0.4 is 5.32 Å². The molecule has 4 rings (SSSR count). The third-order valence-corrected chi connectivity index (χ3v) is 6.29. The highest BCUT2D eigenvalue weighted by molar-refractivity contribution is 8.00. The molecule has 0 spiro atoms. The standard InChI is InChI=1S/C20H19N3O3S2/c1-11-8-9-16(25-11)12(2)21-19(24)18-15(10-27-20-23-22-13(3)28-20)14-6-4-5-7-17(14)26-18/h4-9,12H,10H2,1-3H3,(H,21,24). The summed E-state index contributed by atoms with van der Waals surface area (Å²) >= 11 is 3.09. The highest BCUT2D eigenvalue weighted by Crippen LogP contribution is 2.33. The van der Waals surface area contributed by atoms with Gasteiger partial charge < -0.3 is 14.2 Å². The predicted molar refractivity (Wildman–Crippen MR) is 110 cm³/mol. The van der Waals surface area contributed by atoms with Crippen molar-refractivity contribution in [3.8, 4) is 0 Å². The molecule has 1 amide bonds. The van der Waals surface area contributed by atoms with Crippen LogP contribution in [0.5, 0.6) is 0 Å². The van der Waals surface area contributed by atoms with Crippen LogP contribution in [0.25, 0.3) is 11.0 Å². The first-order valence-corrected chi connectivity index (χ1v) is 10.6. The van der Waals surface area contributed by atoms with Crippen molar-refractivity contribution >= 4 is 40.0 Å². The topological polar surface area (TPSA) is 81.2 Å². The number of carbonyl (C=O) groups is 1. The monoisotopic (exact) mass is 413 g/mol. The van der Waals surface area contributed by atoms with Gasteiger partial charge in [0.1, 0.15) is 22.1 Å². The summed E-state index contributed by atoms with van der Waals surface area (Å²) in [5.41, 5.74) is 1.55. The molecule has 0 aliphatic carbocycles. The number of furan rings is 2. The summed E-state index contributed by atoms with van der Waals surface area (Å²) in [4.78, 5) is 13.0. The molecule has 144 valence electrons. The lowest BCUT2D eigenvalue weighted by atomic mass is 10.1. The quantitative estimate of drug-likeness (QED) is 0.433. The first-order valence-electron chi connectivity index (χ1n) is 8.82. The SMILES string of the molecule is Cc1ccc(C(C)NC(=O)c2oc3ccccc3c2CSc2nnc(C)s2)o1. The van der Waals surface area contributed by atoms with Crippen LogP contribution in [0.1, 0.15) is 45.6 Å². The van der Waals surface area contributed by atoms with E-state index in [9.17, 15) is 4.79 Å². The summed E-state index contributed by atoms with van der Waals surface area (Å²) in [6.45, 7) is 5.69. The van der Waals surface area contributed by atoms with Gasteiger partial charge in [0.15, 0.2) is 10.1 Å². The Labute approximate surface area is 170 Å². The number of thioether (sulfide) groups is 1. The maximum absolute atomic E-state index is 13.0. The minimum Gasteiger partial charge on any atom is -0.464 e. The van der Waals surface area contributed by atoms with E-state index in [4.69, 9.17) is 8.83 Å². The Morgan fingerprint density at radius 3 is 2.71 bits per heavy atom. The van der Waals surface area contributed by atoms with Crippen LogP contribution in [0.3, 0.4) is 0 Å². The third-order valence-electron chi connectivity index (χ3n) is 4.29. The van der Waals surface area contributed by atoms with Crippen LogP contribution in [0, 0.1) is 13.8 Å². The second-order valence-electron chi connectivity index (χ2n) is 6.43. The van der Waals surface area contributed by atoms with Gasteiger partial charge in [-0.05, 0) is 39.0 Å². The second-order valence-corrected chi connectivity index (χ2v) is 8.83. The molecule has 1 N–H and O–H groups in total. The summed E-state index contributed by atoms with van der Waals surface area (Å²) in [7, 11) is 0. The van der Waals surface area contributed by atoms with Gasteiger partial charge in [0.25, 0.3) is 5.91 Å². The van der Waals surface area contributed by atoms with E-state index in [1.807, 2.05) is 57.2 Å². The summed E-state index contributed by atoms with van der Waals surface area (Å²) in [5.74, 6) is 2.15. The van der Waals surface area contributed by atoms with E-state index in [2.05, 4.69) is 15.5 Å². The van der Waals surface area contributed by atoms with E-state index in [-0.39, 0.29) is 11.9 Å². The van der Waals surface area contributed by atoms with Crippen LogP contribution in [-0.2, 0) is 5.75 Å². The Hall–Kier alpha value is -2.58. The van der Waals surface area contributed by atoms with Gasteiger partial charge in [-0.3, -0.25) is 4.79 Å². The van der Waals surface area contributed by atoms with Gasteiger partial charge in [0.2, 0.25) is 0 Å². The van der Waals surface area contributed by atoms with Gasteiger partial charge in [-0.2, -0.15) is 0 Å². The number of fused-ring (bicyclic) bond motifs is 1. The zero-order valence-electron chi connectivity index (χ0n) is 15.7. The van der Waals surface area contributed by atoms with Crippen LogP contribution in [0.15, 0.2) is 49.6 Å². The molecule has 4 aromatic rings. The number of nitrogens with zero attached hydrogens (tertiary/aromatic N) is 2. The molecule has 28 heavy (non-hydrogen) atoms. The van der Waals surface area contributed by atoms with Crippen molar-refractivity contribution in [3.05, 3.63) is 64.3 Å². The highest BCUT2D eigenvalue weighted by Gasteiger charge is 2.23. The smallest absolute Gasteiger partial charge is 0.287 e. The van der Waals surface area contributed by atoms with Gasteiger partial charge in [0, 0.05) is 16.7 Å². The number of amides is 1. The molecule has 3 heterocycles. The van der Waals surface area contributed by atoms with Gasteiger partial charge in [-0.25, -0.2) is 0 Å². The summed E-state index contributed by atoms with van der Waals surface area (Å²) in [6.07, 6.45) is 0. The zero-order chi connectivity index (χ0) is 19.7. The first-order chi connectivity index (χ1) is 13.5. The summed E-state index contributed by atoms with van der Waals surface area (Å²) < 4.78 is 12.4. The Balaban J connectivity index is 1.60. The normalized spacial score (nSPS) is 12.4. The molecular weight excluding hydrogens is 394 g/mol. The van der Waals surface area contributed by atoms with Gasteiger partial charge >= 0.3 is 0 Å². The largest absolute Gasteiger partial charge is 0.464 e. The molecule has 6 nitrogen and oxygen atoms in total. The van der Waals surface area contributed by atoms with E-state index < -0.39 is 0 Å². The number of hydrogen-bond donors (Lipinski definition) is 1. The molecule has 0 fully saturated rings. The number of rotatable bonds is 6. The molecule has 1 atom stereocenters. The first kappa shape index (κ1) is 18.8. The van der Waals surface area contributed by atoms with Crippen molar-refractivity contribution in [2.75, 3.05) is 0 Å². The van der Waals surface area contributed by atoms with Crippen LogP contribution in [0.2, 0.25) is 0 Å². The van der Waals surface area contributed by atoms with Gasteiger partial charge in [0.05, 0.1) is 6.04 Å². The Kier molecular flexibility index (Phi) is 5.23. The predicted octanol–water partition coefficient (Wildman–Crippen LogP) is 5.28. The number of para-hydroxylation sites is 1. The minimum atomic E-state index is -0.263. The number of carbonyl (C=O) groups excluding carboxylic acids is 1. The minimum absolute atomic E-state index is 0.262. The van der Waals surface area contributed by atoms with E-state index in [1.165, 1.54) is 11.3 Å².